The first-order valence-electron chi connectivity index (χ1n) is 4.54. The molecule has 0 spiro atoms. The summed E-state index contributed by atoms with van der Waals surface area (Å²) in [5.41, 5.74) is 0. The number of hydrogen-bond acceptors (Lipinski definition) is 1. The normalized spacial score (nSPS) is 44.7. The molecule has 1 N–H and O–H groups in total. The Balaban J connectivity index is 1.90. The molecular formula is C9H17N. The highest BCUT2D eigenvalue weighted by atomic mass is 14.8. The van der Waals surface area contributed by atoms with E-state index in [2.05, 4.69) is 12.4 Å². The predicted molar refractivity (Wildman–Crippen MR) is 42.9 cm³/mol. The van der Waals surface area contributed by atoms with Crippen LogP contribution in [0.25, 0.3) is 0 Å². The number of nitrogens with one attached hydrogen (secondary N) is 1. The highest BCUT2D eigenvalue weighted by Gasteiger charge is 2.38. The van der Waals surface area contributed by atoms with Crippen molar-refractivity contribution in [1.82, 2.24) is 5.32 Å². The van der Waals surface area contributed by atoms with E-state index >= 15 is 0 Å². The summed E-state index contributed by atoms with van der Waals surface area (Å²) in [5.74, 6) is 3.24. The van der Waals surface area contributed by atoms with Crippen LogP contribution in [0.4, 0.5) is 0 Å². The van der Waals surface area contributed by atoms with E-state index in [0.717, 1.165) is 17.8 Å². The molecule has 2 saturated carbocycles. The molecule has 1 heteroatoms. The summed E-state index contributed by atoms with van der Waals surface area (Å²) in [5, 5.41) is 3.29. The lowest BCUT2D eigenvalue weighted by atomic mass is 9.89. The Morgan fingerprint density at radius 3 is 2.70 bits per heavy atom. The van der Waals surface area contributed by atoms with E-state index in [1.54, 1.807) is 6.42 Å². The monoisotopic (exact) mass is 139 g/mol. The molecular weight excluding hydrogens is 122 g/mol. The molecule has 1 nitrogen and oxygen atoms in total. The molecule has 0 aromatic heterocycles. The van der Waals surface area contributed by atoms with Gasteiger partial charge in [-0.25, -0.2) is 0 Å². The van der Waals surface area contributed by atoms with Gasteiger partial charge in [0.05, 0.1) is 0 Å². The molecule has 2 aliphatic rings. The first-order valence-corrected chi connectivity index (χ1v) is 4.54. The van der Waals surface area contributed by atoms with Gasteiger partial charge in [0.25, 0.3) is 0 Å². The Morgan fingerprint density at radius 1 is 1.30 bits per heavy atom. The predicted octanol–water partition coefficient (Wildman–Crippen LogP) is 1.64. The maximum absolute atomic E-state index is 3.29. The van der Waals surface area contributed by atoms with Crippen molar-refractivity contribution in [3.05, 3.63) is 0 Å². The van der Waals surface area contributed by atoms with Crippen LogP contribution in [0.15, 0.2) is 0 Å². The van der Waals surface area contributed by atoms with Gasteiger partial charge in [-0.2, -0.15) is 0 Å². The molecule has 0 aromatic carbocycles. The molecule has 2 fully saturated rings. The number of rotatable bonds is 2. The fourth-order valence-electron chi connectivity index (χ4n) is 2.89. The van der Waals surface area contributed by atoms with E-state index in [1.165, 1.54) is 25.8 Å². The third kappa shape index (κ3) is 0.968. The van der Waals surface area contributed by atoms with Crippen LogP contribution in [0.2, 0.25) is 0 Å². The molecule has 1 unspecified atom stereocenters. The van der Waals surface area contributed by atoms with E-state index in [9.17, 15) is 0 Å². The van der Waals surface area contributed by atoms with Gasteiger partial charge in [-0.1, -0.05) is 6.42 Å². The van der Waals surface area contributed by atoms with Gasteiger partial charge in [0.2, 0.25) is 0 Å². The molecule has 0 heterocycles. The molecule has 0 radical (unpaired) electrons. The van der Waals surface area contributed by atoms with Crippen LogP contribution in [-0.4, -0.2) is 13.6 Å². The zero-order valence-corrected chi connectivity index (χ0v) is 6.77. The van der Waals surface area contributed by atoms with Crippen LogP contribution < -0.4 is 5.32 Å². The Kier molecular flexibility index (Phi) is 1.69. The maximum atomic E-state index is 3.29. The van der Waals surface area contributed by atoms with E-state index in [4.69, 9.17) is 0 Å². The maximum Gasteiger partial charge on any atom is -0.00208 e. The van der Waals surface area contributed by atoms with Crippen molar-refractivity contribution in [2.24, 2.45) is 17.8 Å². The molecule has 2 bridgehead atoms. The fourth-order valence-corrected chi connectivity index (χ4v) is 2.89. The summed E-state index contributed by atoms with van der Waals surface area (Å²) < 4.78 is 0. The average molecular weight is 139 g/mol. The van der Waals surface area contributed by atoms with Crippen LogP contribution in [0.5, 0.6) is 0 Å². The van der Waals surface area contributed by atoms with Crippen molar-refractivity contribution in [3.8, 4) is 0 Å². The lowest BCUT2D eigenvalue weighted by Crippen LogP contribution is -2.23. The van der Waals surface area contributed by atoms with E-state index < -0.39 is 0 Å². The van der Waals surface area contributed by atoms with Gasteiger partial charge in [0.1, 0.15) is 0 Å². The smallest absolute Gasteiger partial charge is 0.00208 e. The summed E-state index contributed by atoms with van der Waals surface area (Å²) in [7, 11) is 2.08. The van der Waals surface area contributed by atoms with E-state index in [0.29, 0.717) is 0 Å². The molecule has 3 atom stereocenters. The lowest BCUT2D eigenvalue weighted by Gasteiger charge is -2.20. The Labute approximate surface area is 63.2 Å². The fraction of sp³-hybridized carbons (Fsp3) is 1.00. The first-order chi connectivity index (χ1) is 4.90. The summed E-state index contributed by atoms with van der Waals surface area (Å²) in [4.78, 5) is 0. The SMILES string of the molecule is CNC[C@@H]1CC2CC[C@@H]1C2. The van der Waals surface area contributed by atoms with Crippen molar-refractivity contribution in [2.45, 2.75) is 25.7 Å². The van der Waals surface area contributed by atoms with Gasteiger partial charge in [-0.3, -0.25) is 0 Å². The average Bonchev–Trinajstić information content (AvgIpc) is 2.48. The second kappa shape index (κ2) is 2.54. The molecule has 0 amide bonds. The third-order valence-electron chi connectivity index (χ3n) is 3.35. The Bertz CT molecular complexity index is 122. The molecule has 10 heavy (non-hydrogen) atoms. The zero-order valence-electron chi connectivity index (χ0n) is 6.77. The van der Waals surface area contributed by atoms with Crippen molar-refractivity contribution in [2.75, 3.05) is 13.6 Å². The van der Waals surface area contributed by atoms with Crippen LogP contribution in [-0.2, 0) is 0 Å². The van der Waals surface area contributed by atoms with Crippen molar-refractivity contribution >= 4 is 0 Å². The summed E-state index contributed by atoms with van der Waals surface area (Å²) in [6.45, 7) is 1.27. The van der Waals surface area contributed by atoms with Crippen molar-refractivity contribution in [1.29, 1.82) is 0 Å². The van der Waals surface area contributed by atoms with Crippen LogP contribution in [0, 0.1) is 17.8 Å². The van der Waals surface area contributed by atoms with Gasteiger partial charge in [0, 0.05) is 0 Å². The summed E-state index contributed by atoms with van der Waals surface area (Å²) in [6, 6.07) is 0. The second-order valence-corrected chi connectivity index (χ2v) is 3.99. The minimum absolute atomic E-state index is 1.03. The van der Waals surface area contributed by atoms with Crippen molar-refractivity contribution < 1.29 is 0 Å². The number of fused-ring (bicyclic) bond motifs is 2. The second-order valence-electron chi connectivity index (χ2n) is 3.99. The lowest BCUT2D eigenvalue weighted by molar-refractivity contribution is 0.326. The molecule has 58 valence electrons. The zero-order chi connectivity index (χ0) is 6.97. The van der Waals surface area contributed by atoms with Crippen LogP contribution in [0.3, 0.4) is 0 Å². The van der Waals surface area contributed by atoms with E-state index in [1.807, 2.05) is 0 Å². The van der Waals surface area contributed by atoms with Crippen molar-refractivity contribution in [3.63, 3.8) is 0 Å². The Morgan fingerprint density at radius 2 is 2.20 bits per heavy atom. The standard InChI is InChI=1S/C9H17N/c1-10-6-9-5-7-2-3-8(9)4-7/h7-10H,2-6H2,1H3/t7?,8-,9+/m1/s1. The minimum atomic E-state index is 1.03. The first kappa shape index (κ1) is 6.66. The minimum Gasteiger partial charge on any atom is -0.319 e. The van der Waals surface area contributed by atoms with Gasteiger partial charge >= 0.3 is 0 Å². The molecule has 0 saturated heterocycles. The van der Waals surface area contributed by atoms with Crippen LogP contribution >= 0.6 is 0 Å². The largest absolute Gasteiger partial charge is 0.319 e. The summed E-state index contributed by atoms with van der Waals surface area (Å²) >= 11 is 0. The molecule has 0 aliphatic heterocycles. The van der Waals surface area contributed by atoms with Gasteiger partial charge in [0.15, 0.2) is 0 Å². The topological polar surface area (TPSA) is 12.0 Å². The van der Waals surface area contributed by atoms with Gasteiger partial charge in [-0.05, 0) is 50.6 Å². The third-order valence-corrected chi connectivity index (χ3v) is 3.35. The highest BCUT2D eigenvalue weighted by molar-refractivity contribution is 4.90. The van der Waals surface area contributed by atoms with Gasteiger partial charge in [-0.15, -0.1) is 0 Å². The van der Waals surface area contributed by atoms with Gasteiger partial charge < -0.3 is 5.32 Å². The quantitative estimate of drug-likeness (QED) is 0.613. The van der Waals surface area contributed by atoms with Crippen LogP contribution in [0.1, 0.15) is 25.7 Å². The molecule has 2 aliphatic carbocycles. The van der Waals surface area contributed by atoms with E-state index in [-0.39, 0.29) is 0 Å². The Hall–Kier alpha value is -0.0400. The highest BCUT2D eigenvalue weighted by Crippen LogP contribution is 2.47. The number of hydrogen-bond donors (Lipinski definition) is 1. The molecule has 0 aromatic rings. The summed E-state index contributed by atoms with van der Waals surface area (Å²) in [6.07, 6.45) is 6.12. The molecule has 2 rings (SSSR count).